The third kappa shape index (κ3) is 3.69. The van der Waals surface area contributed by atoms with Crippen LogP contribution in [0.25, 0.3) is 0 Å². The number of amides is 1. The van der Waals surface area contributed by atoms with Crippen LogP contribution < -0.4 is 5.32 Å². The van der Waals surface area contributed by atoms with Crippen LogP contribution in [0.3, 0.4) is 0 Å². The van der Waals surface area contributed by atoms with E-state index in [1.807, 2.05) is 6.92 Å². The van der Waals surface area contributed by atoms with Gasteiger partial charge in [0.15, 0.2) is 0 Å². The van der Waals surface area contributed by atoms with Crippen LogP contribution in [0.15, 0.2) is 0 Å². The van der Waals surface area contributed by atoms with Gasteiger partial charge in [-0.3, -0.25) is 4.79 Å². The van der Waals surface area contributed by atoms with Crippen LogP contribution in [0.1, 0.15) is 39.0 Å². The average molecular weight is 255 g/mol. The van der Waals surface area contributed by atoms with Crippen molar-refractivity contribution in [3.05, 3.63) is 0 Å². The van der Waals surface area contributed by atoms with Gasteiger partial charge in [0.1, 0.15) is 0 Å². The highest BCUT2D eigenvalue weighted by molar-refractivity contribution is 5.79. The quantitative estimate of drug-likeness (QED) is 0.752. The predicted molar refractivity (Wildman–Crippen MR) is 69.1 cm³/mol. The number of nitrogens with one attached hydrogen (secondary N) is 1. The summed E-state index contributed by atoms with van der Waals surface area (Å²) < 4.78 is 5.33. The number of aliphatic hydroxyl groups excluding tert-OH is 1. The Labute approximate surface area is 109 Å². The molecule has 0 spiro atoms. The molecular formula is C14H25NO3. The third-order valence-electron chi connectivity index (χ3n) is 4.35. The second kappa shape index (κ2) is 6.53. The number of carbonyl (C=O) groups excluding carboxylic acids is 1. The molecule has 1 aliphatic carbocycles. The Morgan fingerprint density at radius 3 is 2.50 bits per heavy atom. The molecular weight excluding hydrogens is 230 g/mol. The van der Waals surface area contributed by atoms with Crippen molar-refractivity contribution in [1.82, 2.24) is 5.32 Å². The molecule has 2 rings (SSSR count). The van der Waals surface area contributed by atoms with Crippen molar-refractivity contribution in [1.29, 1.82) is 0 Å². The first-order valence-corrected chi connectivity index (χ1v) is 7.21. The Kier molecular flexibility index (Phi) is 5.01. The monoisotopic (exact) mass is 255 g/mol. The van der Waals surface area contributed by atoms with Crippen LogP contribution >= 0.6 is 0 Å². The van der Waals surface area contributed by atoms with E-state index in [-0.39, 0.29) is 24.5 Å². The lowest BCUT2D eigenvalue weighted by atomic mass is 9.86. The van der Waals surface area contributed by atoms with Crippen LogP contribution in [0, 0.1) is 17.8 Å². The summed E-state index contributed by atoms with van der Waals surface area (Å²) in [5.74, 6) is 1.27. The summed E-state index contributed by atoms with van der Waals surface area (Å²) in [6.07, 6.45) is 5.05. The zero-order chi connectivity index (χ0) is 13.0. The highest BCUT2D eigenvalue weighted by atomic mass is 16.5. The molecule has 2 aliphatic rings. The Morgan fingerprint density at radius 1 is 1.28 bits per heavy atom. The van der Waals surface area contributed by atoms with Crippen LogP contribution in [0.2, 0.25) is 0 Å². The van der Waals surface area contributed by atoms with E-state index in [2.05, 4.69) is 5.32 Å². The van der Waals surface area contributed by atoms with Gasteiger partial charge in [-0.25, -0.2) is 0 Å². The third-order valence-corrected chi connectivity index (χ3v) is 4.35. The van der Waals surface area contributed by atoms with Gasteiger partial charge in [-0.2, -0.15) is 0 Å². The van der Waals surface area contributed by atoms with E-state index >= 15 is 0 Å². The van der Waals surface area contributed by atoms with Gasteiger partial charge in [0.05, 0.1) is 0 Å². The molecule has 1 aliphatic heterocycles. The van der Waals surface area contributed by atoms with Gasteiger partial charge in [-0.15, -0.1) is 0 Å². The van der Waals surface area contributed by atoms with Crippen molar-refractivity contribution >= 4 is 5.91 Å². The molecule has 2 fully saturated rings. The largest absolute Gasteiger partial charge is 0.396 e. The van der Waals surface area contributed by atoms with Crippen LogP contribution in [-0.4, -0.2) is 36.9 Å². The predicted octanol–water partition coefficient (Wildman–Crippen LogP) is 1.33. The molecule has 1 saturated carbocycles. The summed E-state index contributed by atoms with van der Waals surface area (Å²) >= 11 is 0. The van der Waals surface area contributed by atoms with Gasteiger partial charge < -0.3 is 15.2 Å². The molecule has 18 heavy (non-hydrogen) atoms. The molecule has 2 atom stereocenters. The fourth-order valence-corrected chi connectivity index (χ4v) is 2.81. The van der Waals surface area contributed by atoms with Crippen LogP contribution in [0.4, 0.5) is 0 Å². The van der Waals surface area contributed by atoms with Gasteiger partial charge in [-0.05, 0) is 43.9 Å². The summed E-state index contributed by atoms with van der Waals surface area (Å²) in [5, 5.41) is 12.2. The van der Waals surface area contributed by atoms with E-state index in [1.165, 1.54) is 12.8 Å². The summed E-state index contributed by atoms with van der Waals surface area (Å²) in [5.41, 5.74) is 0. The number of hydrogen-bond acceptors (Lipinski definition) is 3. The summed E-state index contributed by atoms with van der Waals surface area (Å²) in [6.45, 7) is 3.75. The smallest absolute Gasteiger partial charge is 0.223 e. The molecule has 1 saturated heterocycles. The molecule has 0 aromatic rings. The molecule has 4 nitrogen and oxygen atoms in total. The van der Waals surface area contributed by atoms with Crippen molar-refractivity contribution in [3.8, 4) is 0 Å². The zero-order valence-electron chi connectivity index (χ0n) is 11.2. The SMILES string of the molecule is CC(C(=O)NC(CCO)C1CC1)C1CCOCC1. The molecule has 1 amide bonds. The zero-order valence-corrected chi connectivity index (χ0v) is 11.2. The van der Waals surface area contributed by atoms with Crippen molar-refractivity contribution in [2.24, 2.45) is 17.8 Å². The van der Waals surface area contributed by atoms with E-state index in [0.29, 0.717) is 18.3 Å². The summed E-state index contributed by atoms with van der Waals surface area (Å²) in [7, 11) is 0. The maximum Gasteiger partial charge on any atom is 0.223 e. The first-order chi connectivity index (χ1) is 8.72. The van der Waals surface area contributed by atoms with Crippen LogP contribution in [0.5, 0.6) is 0 Å². The molecule has 0 bridgehead atoms. The lowest BCUT2D eigenvalue weighted by molar-refractivity contribution is -0.128. The Bertz CT molecular complexity index is 272. The Hall–Kier alpha value is -0.610. The van der Waals surface area contributed by atoms with Crippen molar-refractivity contribution < 1.29 is 14.6 Å². The first-order valence-electron chi connectivity index (χ1n) is 7.21. The number of aliphatic hydroxyl groups is 1. The second-order valence-corrected chi connectivity index (χ2v) is 5.70. The lowest BCUT2D eigenvalue weighted by Crippen LogP contribution is -2.42. The fraction of sp³-hybridized carbons (Fsp3) is 0.929. The summed E-state index contributed by atoms with van der Waals surface area (Å²) in [6, 6.07) is 0.185. The van der Waals surface area contributed by atoms with E-state index in [9.17, 15) is 4.79 Å². The van der Waals surface area contributed by atoms with E-state index in [1.54, 1.807) is 0 Å². The molecule has 104 valence electrons. The fourth-order valence-electron chi connectivity index (χ4n) is 2.81. The summed E-state index contributed by atoms with van der Waals surface area (Å²) in [4.78, 5) is 12.2. The topological polar surface area (TPSA) is 58.6 Å². The highest BCUT2D eigenvalue weighted by Gasteiger charge is 2.34. The van der Waals surface area contributed by atoms with Gasteiger partial charge in [0.25, 0.3) is 0 Å². The number of rotatable bonds is 6. The molecule has 2 unspecified atom stereocenters. The number of ether oxygens (including phenoxy) is 1. The molecule has 1 heterocycles. The van der Waals surface area contributed by atoms with Crippen LogP contribution in [-0.2, 0) is 9.53 Å². The van der Waals surface area contributed by atoms with Crippen molar-refractivity contribution in [3.63, 3.8) is 0 Å². The number of hydrogen-bond donors (Lipinski definition) is 2. The molecule has 4 heteroatoms. The van der Waals surface area contributed by atoms with Gasteiger partial charge >= 0.3 is 0 Å². The maximum atomic E-state index is 12.2. The first kappa shape index (κ1) is 13.8. The average Bonchev–Trinajstić information content (AvgIpc) is 3.22. The Morgan fingerprint density at radius 2 is 1.94 bits per heavy atom. The molecule has 0 radical (unpaired) electrons. The van der Waals surface area contributed by atoms with Crippen molar-refractivity contribution in [2.45, 2.75) is 45.1 Å². The molecule has 2 N–H and O–H groups in total. The minimum Gasteiger partial charge on any atom is -0.396 e. The van der Waals surface area contributed by atoms with Crippen molar-refractivity contribution in [2.75, 3.05) is 19.8 Å². The molecule has 0 aromatic heterocycles. The second-order valence-electron chi connectivity index (χ2n) is 5.70. The van der Waals surface area contributed by atoms with E-state index < -0.39 is 0 Å². The van der Waals surface area contributed by atoms with Gasteiger partial charge in [-0.1, -0.05) is 6.92 Å². The normalized spacial score (nSPS) is 24.6. The minimum absolute atomic E-state index is 0.0637. The standard InChI is InChI=1S/C14H25NO3/c1-10(11-5-8-18-9-6-11)14(17)15-13(4-7-16)12-2-3-12/h10-13,16H,2-9H2,1H3,(H,15,17). The number of carbonyl (C=O) groups is 1. The Balaban J connectivity index is 1.81. The van der Waals surface area contributed by atoms with Gasteiger partial charge in [0, 0.05) is 31.8 Å². The van der Waals surface area contributed by atoms with E-state index in [4.69, 9.17) is 9.84 Å². The van der Waals surface area contributed by atoms with E-state index in [0.717, 1.165) is 26.1 Å². The van der Waals surface area contributed by atoms with Gasteiger partial charge in [0.2, 0.25) is 5.91 Å². The minimum atomic E-state index is 0.0637. The molecule has 0 aromatic carbocycles. The lowest BCUT2D eigenvalue weighted by Gasteiger charge is -2.28. The maximum absolute atomic E-state index is 12.2. The highest BCUT2D eigenvalue weighted by Crippen LogP contribution is 2.34.